The van der Waals surface area contributed by atoms with Crippen LogP contribution in [0.4, 0.5) is 0 Å². The van der Waals surface area contributed by atoms with Crippen molar-refractivity contribution < 1.29 is 14.3 Å². The van der Waals surface area contributed by atoms with Crippen molar-refractivity contribution in [3.05, 3.63) is 64.7 Å². The lowest BCUT2D eigenvalue weighted by molar-refractivity contribution is 0.0162. The van der Waals surface area contributed by atoms with Crippen LogP contribution in [0.5, 0.6) is 5.75 Å². The van der Waals surface area contributed by atoms with E-state index in [0.717, 1.165) is 24.4 Å². The Morgan fingerprint density at radius 2 is 1.86 bits per heavy atom. The zero-order valence-corrected chi connectivity index (χ0v) is 17.5. The van der Waals surface area contributed by atoms with E-state index in [1.807, 2.05) is 43.3 Å². The lowest BCUT2D eigenvalue weighted by Gasteiger charge is -2.35. The number of hydrogen-bond donors (Lipinski definition) is 1. The number of hydrogen-bond acceptors (Lipinski definition) is 4. The molecule has 0 aliphatic carbocycles. The number of carbonyl (C=O) groups excluding carboxylic acids is 1. The molecule has 0 spiro atoms. The number of ether oxygens (including phenoxy) is 2. The first-order valence-electron chi connectivity index (χ1n) is 9.26. The van der Waals surface area contributed by atoms with Gasteiger partial charge in [-0.3, -0.25) is 9.69 Å². The van der Waals surface area contributed by atoms with Crippen LogP contribution >= 0.6 is 24.0 Å². The molecular weight excluding hydrogens is 399 g/mol. The Balaban J connectivity index is 0.00000280. The number of rotatable bonds is 7. The summed E-state index contributed by atoms with van der Waals surface area (Å²) in [6, 6.07) is 15.0. The summed E-state index contributed by atoms with van der Waals surface area (Å²) in [4.78, 5) is 14.9. The summed E-state index contributed by atoms with van der Waals surface area (Å²) >= 11 is 6.43. The van der Waals surface area contributed by atoms with Crippen molar-refractivity contribution in [3.8, 4) is 5.75 Å². The van der Waals surface area contributed by atoms with E-state index in [9.17, 15) is 4.79 Å². The Kier molecular flexibility index (Phi) is 9.06. The van der Waals surface area contributed by atoms with Crippen molar-refractivity contribution in [1.29, 1.82) is 0 Å². The highest BCUT2D eigenvalue weighted by atomic mass is 35.5. The molecule has 1 saturated heterocycles. The minimum Gasteiger partial charge on any atom is -0.494 e. The van der Waals surface area contributed by atoms with Gasteiger partial charge in [0, 0.05) is 30.2 Å². The van der Waals surface area contributed by atoms with E-state index in [-0.39, 0.29) is 24.4 Å². The molecule has 7 heteroatoms. The Morgan fingerprint density at radius 3 is 2.50 bits per heavy atom. The van der Waals surface area contributed by atoms with Gasteiger partial charge in [0.15, 0.2) is 0 Å². The van der Waals surface area contributed by atoms with E-state index < -0.39 is 0 Å². The predicted octanol–water partition coefficient (Wildman–Crippen LogP) is 3.96. The minimum atomic E-state index is -0.108. The number of halogens is 2. The first kappa shape index (κ1) is 22.5. The number of amides is 1. The van der Waals surface area contributed by atoms with Crippen LogP contribution in [0.15, 0.2) is 48.5 Å². The van der Waals surface area contributed by atoms with Crippen molar-refractivity contribution in [3.63, 3.8) is 0 Å². The monoisotopic (exact) mass is 424 g/mol. The molecule has 0 bridgehead atoms. The van der Waals surface area contributed by atoms with E-state index in [2.05, 4.69) is 10.2 Å². The molecule has 3 rings (SSSR count). The fourth-order valence-electron chi connectivity index (χ4n) is 3.23. The van der Waals surface area contributed by atoms with Gasteiger partial charge in [-0.25, -0.2) is 0 Å². The van der Waals surface area contributed by atoms with Crippen LogP contribution < -0.4 is 10.1 Å². The molecule has 152 valence electrons. The molecule has 0 aromatic heterocycles. The van der Waals surface area contributed by atoms with Gasteiger partial charge in [0.1, 0.15) is 5.75 Å². The highest BCUT2D eigenvalue weighted by molar-refractivity contribution is 6.31. The summed E-state index contributed by atoms with van der Waals surface area (Å²) in [7, 11) is 0. The number of carbonyl (C=O) groups is 1. The summed E-state index contributed by atoms with van der Waals surface area (Å²) in [5, 5.41) is 3.76. The molecule has 1 fully saturated rings. The molecule has 1 unspecified atom stereocenters. The maximum atomic E-state index is 12.6. The average molecular weight is 425 g/mol. The fraction of sp³-hybridized carbons (Fsp3) is 0.381. The highest BCUT2D eigenvalue weighted by Crippen LogP contribution is 2.28. The van der Waals surface area contributed by atoms with Gasteiger partial charge in [-0.05, 0) is 42.8 Å². The van der Waals surface area contributed by atoms with Crippen molar-refractivity contribution in [2.24, 2.45) is 0 Å². The minimum absolute atomic E-state index is 0. The molecule has 0 saturated carbocycles. The van der Waals surface area contributed by atoms with Crippen LogP contribution in [-0.4, -0.2) is 50.3 Å². The topological polar surface area (TPSA) is 50.8 Å². The van der Waals surface area contributed by atoms with Crippen LogP contribution in [-0.2, 0) is 4.74 Å². The second-order valence-corrected chi connectivity index (χ2v) is 6.76. The number of nitrogens with zero attached hydrogens (tertiary/aromatic N) is 1. The number of benzene rings is 2. The fourth-order valence-corrected chi connectivity index (χ4v) is 3.49. The van der Waals surface area contributed by atoms with Crippen LogP contribution in [0.2, 0.25) is 5.02 Å². The molecule has 28 heavy (non-hydrogen) atoms. The lowest BCUT2D eigenvalue weighted by atomic mass is 10.0. The van der Waals surface area contributed by atoms with E-state index in [0.29, 0.717) is 37.0 Å². The zero-order chi connectivity index (χ0) is 19.1. The zero-order valence-electron chi connectivity index (χ0n) is 15.9. The summed E-state index contributed by atoms with van der Waals surface area (Å²) in [5.41, 5.74) is 1.63. The maximum absolute atomic E-state index is 12.6. The molecule has 2 aromatic carbocycles. The molecule has 1 aliphatic rings. The summed E-state index contributed by atoms with van der Waals surface area (Å²) < 4.78 is 10.9. The Morgan fingerprint density at radius 1 is 1.18 bits per heavy atom. The summed E-state index contributed by atoms with van der Waals surface area (Å²) in [6.45, 7) is 6.02. The van der Waals surface area contributed by atoms with Gasteiger partial charge in [0.05, 0.1) is 25.9 Å². The summed E-state index contributed by atoms with van der Waals surface area (Å²) in [5.74, 6) is 0.652. The highest BCUT2D eigenvalue weighted by Gasteiger charge is 2.25. The van der Waals surface area contributed by atoms with Gasteiger partial charge >= 0.3 is 0 Å². The summed E-state index contributed by atoms with van der Waals surface area (Å²) in [6.07, 6.45) is 0. The second kappa shape index (κ2) is 11.3. The van der Waals surface area contributed by atoms with E-state index in [4.69, 9.17) is 21.1 Å². The molecule has 1 amide bonds. The van der Waals surface area contributed by atoms with E-state index in [1.54, 1.807) is 12.1 Å². The third-order valence-corrected chi connectivity index (χ3v) is 4.98. The number of morpholine rings is 1. The molecule has 1 N–H and O–H groups in total. The maximum Gasteiger partial charge on any atom is 0.251 e. The normalized spacial score (nSPS) is 15.4. The Labute approximate surface area is 177 Å². The smallest absolute Gasteiger partial charge is 0.251 e. The molecule has 1 heterocycles. The molecular formula is C21H26Cl2N2O3. The third kappa shape index (κ3) is 5.85. The second-order valence-electron chi connectivity index (χ2n) is 6.35. The van der Waals surface area contributed by atoms with E-state index in [1.165, 1.54) is 0 Å². The SMILES string of the molecule is CCOc1ccc(C(=O)NCC(c2ccccc2Cl)N2CCOCC2)cc1.Cl. The molecule has 0 radical (unpaired) electrons. The Hall–Kier alpha value is -1.79. The van der Waals surface area contributed by atoms with Gasteiger partial charge in [0.25, 0.3) is 5.91 Å². The first-order chi connectivity index (χ1) is 13.2. The average Bonchev–Trinajstić information content (AvgIpc) is 2.71. The van der Waals surface area contributed by atoms with Gasteiger partial charge in [-0.1, -0.05) is 29.8 Å². The van der Waals surface area contributed by atoms with Crippen molar-refractivity contribution in [2.75, 3.05) is 39.5 Å². The van der Waals surface area contributed by atoms with Crippen molar-refractivity contribution >= 4 is 29.9 Å². The van der Waals surface area contributed by atoms with Gasteiger partial charge in [0.2, 0.25) is 0 Å². The quantitative estimate of drug-likeness (QED) is 0.730. The van der Waals surface area contributed by atoms with Crippen molar-refractivity contribution in [2.45, 2.75) is 13.0 Å². The number of nitrogens with one attached hydrogen (secondary N) is 1. The van der Waals surface area contributed by atoms with Gasteiger partial charge in [-0.2, -0.15) is 0 Å². The van der Waals surface area contributed by atoms with Crippen LogP contribution in [0.25, 0.3) is 0 Å². The molecule has 2 aromatic rings. The third-order valence-electron chi connectivity index (χ3n) is 4.63. The molecule has 5 nitrogen and oxygen atoms in total. The lowest BCUT2D eigenvalue weighted by Crippen LogP contribution is -2.44. The van der Waals surface area contributed by atoms with Gasteiger partial charge in [-0.15, -0.1) is 12.4 Å². The van der Waals surface area contributed by atoms with Crippen LogP contribution in [0, 0.1) is 0 Å². The van der Waals surface area contributed by atoms with Gasteiger partial charge < -0.3 is 14.8 Å². The molecule has 1 atom stereocenters. The largest absolute Gasteiger partial charge is 0.494 e. The van der Waals surface area contributed by atoms with Crippen molar-refractivity contribution in [1.82, 2.24) is 10.2 Å². The predicted molar refractivity (Wildman–Crippen MR) is 114 cm³/mol. The van der Waals surface area contributed by atoms with Crippen LogP contribution in [0.1, 0.15) is 28.9 Å². The van der Waals surface area contributed by atoms with E-state index >= 15 is 0 Å². The molecule has 1 aliphatic heterocycles. The van der Waals surface area contributed by atoms with Crippen LogP contribution in [0.3, 0.4) is 0 Å². The Bertz CT molecular complexity index is 750. The standard InChI is InChI=1S/C21H25ClN2O3.ClH/c1-2-27-17-9-7-16(8-10-17)21(25)23-15-20(24-11-13-26-14-12-24)18-5-3-4-6-19(18)22;/h3-10,20H,2,11-15H2,1H3,(H,23,25);1H. The first-order valence-corrected chi connectivity index (χ1v) is 9.64.